The number of benzene rings is 2. The number of rotatable bonds is 12. The highest BCUT2D eigenvalue weighted by Gasteiger charge is 2.34. The lowest BCUT2D eigenvalue weighted by atomic mass is 10.2. The summed E-state index contributed by atoms with van der Waals surface area (Å²) in [5, 5.41) is 7.60. The fourth-order valence-corrected chi connectivity index (χ4v) is 6.95. The van der Waals surface area contributed by atoms with Crippen LogP contribution in [0.25, 0.3) is 0 Å². The van der Waals surface area contributed by atoms with E-state index in [9.17, 15) is 37.5 Å². The quantitative estimate of drug-likeness (QED) is 0.177. The molecule has 0 unspecified atom stereocenters. The average Bonchev–Trinajstić information content (AvgIpc) is 3.90. The molecule has 6 rings (SSSR count). The number of anilines is 4. The van der Waals surface area contributed by atoms with Crippen molar-refractivity contribution in [3.05, 3.63) is 48.0 Å². The minimum Gasteiger partial charge on any atom is -0.443 e. The van der Waals surface area contributed by atoms with Crippen molar-refractivity contribution in [2.75, 3.05) is 125 Å². The van der Waals surface area contributed by atoms with Crippen molar-refractivity contribution >= 4 is 94.2 Å². The van der Waals surface area contributed by atoms with Crippen LogP contribution in [0.1, 0.15) is 13.3 Å². The summed E-state index contributed by atoms with van der Waals surface area (Å²) >= 11 is 8.96. The Morgan fingerprint density at radius 2 is 1.14 bits per heavy atom. The first-order valence-electron chi connectivity index (χ1n) is 20.3. The number of nitrogens with two attached hydrogens (primary N) is 1. The topological polar surface area (TPSA) is 221 Å². The molecule has 5 N–H and O–H groups in total. The number of halogens is 2. The van der Waals surface area contributed by atoms with Crippen molar-refractivity contribution in [3.63, 3.8) is 0 Å². The van der Waals surface area contributed by atoms with Gasteiger partial charge in [-0.2, -0.15) is 0 Å². The monoisotopic (exact) mass is 936 g/mol. The van der Waals surface area contributed by atoms with Gasteiger partial charge in [-0.15, -0.1) is 0 Å². The average molecular weight is 937 g/mol. The van der Waals surface area contributed by atoms with Gasteiger partial charge in [0, 0.05) is 73.0 Å². The molecule has 4 aliphatic rings. The SMILES string of the molecule is C=S.CCC(=S)NC[C@H]1CN(c2ccc(N3CCN(C(=O)COC(=O)NC)CC3)c(F)c2)C(=O)O1.CNC(=O)OCC(=O)N1CCN(c2ccc(N3C[C@H](CN)OC3=O)cc2F)CC1. The molecule has 0 saturated carbocycles. The van der Waals surface area contributed by atoms with Gasteiger partial charge in [0.05, 0.1) is 47.4 Å². The van der Waals surface area contributed by atoms with Crippen LogP contribution in [0.3, 0.4) is 0 Å². The Hall–Kier alpha value is -6.14. The zero-order valence-corrected chi connectivity index (χ0v) is 37.5. The molecule has 2 atom stereocenters. The smallest absolute Gasteiger partial charge is 0.414 e. The summed E-state index contributed by atoms with van der Waals surface area (Å²) in [4.78, 5) is 80.8. The van der Waals surface area contributed by atoms with E-state index in [4.69, 9.17) is 36.9 Å². The van der Waals surface area contributed by atoms with Gasteiger partial charge >= 0.3 is 24.4 Å². The van der Waals surface area contributed by atoms with Gasteiger partial charge in [-0.05, 0) is 48.7 Å². The summed E-state index contributed by atoms with van der Waals surface area (Å²) in [6.07, 6.45) is -2.47. The molecule has 2 aromatic carbocycles. The molecule has 24 heteroatoms. The Morgan fingerprint density at radius 1 is 0.734 bits per heavy atom. The highest BCUT2D eigenvalue weighted by molar-refractivity contribution is 7.80. The second-order valence-electron chi connectivity index (χ2n) is 14.3. The number of nitrogens with one attached hydrogen (secondary N) is 3. The molecule has 6 amide bonds. The summed E-state index contributed by atoms with van der Waals surface area (Å²) in [6.45, 7) is 5.72. The number of carbonyl (C=O) groups excluding carboxylic acids is 6. The van der Waals surface area contributed by atoms with Crippen LogP contribution in [-0.4, -0.2) is 175 Å². The standard InChI is InChI=1S/C21H28FN5O5S.C18H24FN5O5.CH2S/c1-3-18(33)24-11-15-12-27(21(30)32-15)14-4-5-17(16(22)10-14)25-6-8-26(9-7-25)19(28)13-31-20(29)23-2;1-21-17(26)28-11-16(25)23-6-4-22(5-7-23)15-3-2-12(8-14(15)19)24-10-13(9-20)29-18(24)27;1-2/h4-5,10,15H,3,6-9,11-13H2,1-2H3,(H,23,29)(H,24,33);2-3,8,13H,4-7,9-11,20H2,1H3,(H,21,26);1H2/t15-;13-;/m00./s1. The Balaban J connectivity index is 0.000000272. The van der Waals surface area contributed by atoms with Crippen LogP contribution in [0.15, 0.2) is 36.4 Å². The Labute approximate surface area is 380 Å². The third-order valence-corrected chi connectivity index (χ3v) is 10.8. The number of amides is 6. The predicted molar refractivity (Wildman–Crippen MR) is 241 cm³/mol. The maximum Gasteiger partial charge on any atom is 0.414 e. The Morgan fingerprint density at radius 3 is 1.50 bits per heavy atom. The van der Waals surface area contributed by atoms with Crippen molar-refractivity contribution in [2.24, 2.45) is 5.73 Å². The Kier molecular flexibility index (Phi) is 19.4. The predicted octanol–water partition coefficient (Wildman–Crippen LogP) is 2.21. The van der Waals surface area contributed by atoms with Crippen molar-refractivity contribution in [2.45, 2.75) is 25.6 Å². The highest BCUT2D eigenvalue weighted by Crippen LogP contribution is 2.30. The largest absolute Gasteiger partial charge is 0.443 e. The molecule has 4 heterocycles. The van der Waals surface area contributed by atoms with Gasteiger partial charge in [-0.25, -0.2) is 28.0 Å². The first-order valence-corrected chi connectivity index (χ1v) is 21.3. The number of alkyl carbamates (subject to hydrolysis) is 2. The number of nitrogens with zero attached hydrogens (tertiary/aromatic N) is 6. The summed E-state index contributed by atoms with van der Waals surface area (Å²) in [5.41, 5.74) is 7.14. The number of carbonyl (C=O) groups is 6. The first kappa shape index (κ1) is 50.5. The maximum absolute atomic E-state index is 14.9. The number of ether oxygens (including phenoxy) is 4. The summed E-state index contributed by atoms with van der Waals surface area (Å²) in [7, 11) is 2.82. The van der Waals surface area contributed by atoms with E-state index in [1.165, 1.54) is 36.0 Å². The van der Waals surface area contributed by atoms with Gasteiger partial charge < -0.3 is 60.2 Å². The second-order valence-corrected chi connectivity index (χ2v) is 14.8. The molecule has 0 aliphatic carbocycles. The third-order valence-electron chi connectivity index (χ3n) is 10.4. The van der Waals surface area contributed by atoms with Crippen LogP contribution in [0, 0.1) is 11.6 Å². The fourth-order valence-electron chi connectivity index (χ4n) is 6.86. The van der Waals surface area contributed by atoms with E-state index in [0.29, 0.717) is 99.6 Å². The van der Waals surface area contributed by atoms with E-state index >= 15 is 0 Å². The number of hydrogen-bond donors (Lipinski definition) is 4. The van der Waals surface area contributed by atoms with Crippen LogP contribution < -0.4 is 41.3 Å². The van der Waals surface area contributed by atoms with Crippen LogP contribution >= 0.6 is 24.4 Å². The molecule has 64 heavy (non-hydrogen) atoms. The normalized spacial score (nSPS) is 18.1. The summed E-state index contributed by atoms with van der Waals surface area (Å²) < 4.78 is 49.6. The van der Waals surface area contributed by atoms with E-state index in [1.807, 2.05) is 16.7 Å². The Bertz CT molecular complexity index is 1990. The number of piperazine rings is 2. The first-order chi connectivity index (χ1) is 30.7. The molecule has 350 valence electrons. The van der Waals surface area contributed by atoms with Crippen LogP contribution in [0.5, 0.6) is 0 Å². The lowest BCUT2D eigenvalue weighted by molar-refractivity contribution is -0.135. The lowest BCUT2D eigenvalue weighted by Crippen LogP contribution is -2.50. The van der Waals surface area contributed by atoms with E-state index < -0.39 is 42.1 Å². The molecular formula is C40H54F2N10O10S2. The number of hydrogen-bond acceptors (Lipinski definition) is 15. The summed E-state index contributed by atoms with van der Waals surface area (Å²) in [5.74, 6) is 1.31. The molecule has 4 aliphatic heterocycles. The number of thiocarbonyl (C=S) groups is 2. The van der Waals surface area contributed by atoms with Crippen molar-refractivity contribution in [1.82, 2.24) is 25.8 Å². The van der Waals surface area contributed by atoms with Gasteiger partial charge in [0.15, 0.2) is 13.2 Å². The maximum atomic E-state index is 14.9. The van der Waals surface area contributed by atoms with Crippen LogP contribution in [0.2, 0.25) is 0 Å². The van der Waals surface area contributed by atoms with Crippen LogP contribution in [-0.2, 0) is 28.5 Å². The molecule has 4 saturated heterocycles. The zero-order chi connectivity index (χ0) is 46.9. The summed E-state index contributed by atoms with van der Waals surface area (Å²) in [6, 6.07) is 9.19. The van der Waals surface area contributed by atoms with Crippen LogP contribution in [0.4, 0.5) is 50.7 Å². The van der Waals surface area contributed by atoms with Crippen molar-refractivity contribution in [3.8, 4) is 0 Å². The molecule has 0 aromatic heterocycles. The fraction of sp³-hybridized carbons (Fsp3) is 0.500. The van der Waals surface area contributed by atoms with Gasteiger partial charge in [0.1, 0.15) is 23.8 Å². The lowest BCUT2D eigenvalue weighted by Gasteiger charge is -2.36. The van der Waals surface area contributed by atoms with E-state index in [2.05, 4.69) is 34.0 Å². The molecule has 20 nitrogen and oxygen atoms in total. The molecular weight excluding hydrogens is 883 g/mol. The van der Waals surface area contributed by atoms with Gasteiger partial charge in [0.25, 0.3) is 11.8 Å². The van der Waals surface area contributed by atoms with Crippen molar-refractivity contribution < 1.29 is 56.5 Å². The highest BCUT2D eigenvalue weighted by atomic mass is 32.1. The van der Waals surface area contributed by atoms with E-state index in [1.54, 1.807) is 34.1 Å². The minimum atomic E-state index is -0.668. The second kappa shape index (κ2) is 24.6. The van der Waals surface area contributed by atoms with Gasteiger partial charge in [-0.1, -0.05) is 31.4 Å². The van der Waals surface area contributed by atoms with E-state index in [-0.39, 0.29) is 44.2 Å². The molecule has 4 fully saturated rings. The zero-order valence-electron chi connectivity index (χ0n) is 35.8. The number of cyclic esters (lactones) is 2. The molecule has 0 bridgehead atoms. The molecule has 2 aromatic rings. The van der Waals surface area contributed by atoms with E-state index in [0.717, 1.165) is 0 Å². The molecule has 0 spiro atoms. The van der Waals surface area contributed by atoms with Gasteiger partial charge in [-0.3, -0.25) is 19.4 Å². The van der Waals surface area contributed by atoms with Gasteiger partial charge in [0.2, 0.25) is 0 Å². The minimum absolute atomic E-state index is 0.208. The third kappa shape index (κ3) is 13.7. The molecule has 0 radical (unpaired) electrons. The van der Waals surface area contributed by atoms with Crippen molar-refractivity contribution in [1.29, 1.82) is 0 Å².